The molecular weight excluding hydrogens is 267 g/mol. The molecule has 1 aliphatic rings. The second kappa shape index (κ2) is 6.71. The molecule has 0 spiro atoms. The zero-order valence-corrected chi connectivity index (χ0v) is 13.7. The first-order valence-electron chi connectivity index (χ1n) is 7.96. The van der Waals surface area contributed by atoms with Gasteiger partial charge in [-0.2, -0.15) is 0 Å². The van der Waals surface area contributed by atoms with E-state index in [4.69, 9.17) is 0 Å². The largest absolute Gasteiger partial charge is 0.349 e. The minimum absolute atomic E-state index is 0.255. The van der Waals surface area contributed by atoms with E-state index < -0.39 is 0 Å². The lowest BCUT2D eigenvalue weighted by Gasteiger charge is -2.38. The summed E-state index contributed by atoms with van der Waals surface area (Å²) in [4.78, 5) is 6.81. The van der Waals surface area contributed by atoms with E-state index in [0.717, 1.165) is 50.5 Å². The maximum atomic E-state index is 13.7. The summed E-state index contributed by atoms with van der Waals surface area (Å²) in [5, 5.41) is 3.40. The molecule has 0 amide bonds. The van der Waals surface area contributed by atoms with Gasteiger partial charge in [-0.15, -0.1) is 0 Å². The number of nitrogens with zero attached hydrogens (tertiary/aromatic N) is 3. The molecule has 0 radical (unpaired) electrons. The summed E-state index contributed by atoms with van der Waals surface area (Å²) in [5.41, 5.74) is 0.970. The lowest BCUT2D eigenvalue weighted by molar-refractivity contribution is 0.405. The van der Waals surface area contributed by atoms with Gasteiger partial charge in [0.1, 0.15) is 5.82 Å². The summed E-state index contributed by atoms with van der Waals surface area (Å²) in [6, 6.07) is 2.14. The maximum absolute atomic E-state index is 13.7. The van der Waals surface area contributed by atoms with E-state index in [1.54, 1.807) is 6.07 Å². The quantitative estimate of drug-likeness (QED) is 0.846. The second-order valence-corrected chi connectivity index (χ2v) is 6.26. The monoisotopic (exact) mass is 295 g/mol. The van der Waals surface area contributed by atoms with Gasteiger partial charge in [0.25, 0.3) is 0 Å². The van der Waals surface area contributed by atoms with Gasteiger partial charge < -0.3 is 10.2 Å². The van der Waals surface area contributed by atoms with Gasteiger partial charge in [-0.25, -0.2) is 9.37 Å². The normalized spacial score (nSPS) is 17.0. The molecule has 0 bridgehead atoms. The number of pyridine rings is 1. The van der Waals surface area contributed by atoms with E-state index >= 15 is 0 Å². The number of rotatable bonds is 5. The fraction of sp³-hybridized carbons (Fsp3) is 0.688. The second-order valence-electron chi connectivity index (χ2n) is 6.26. The molecule has 1 fully saturated rings. The topological polar surface area (TPSA) is 28.2 Å². The molecular formula is C16H28FN4+. The Hall–Kier alpha value is -1.20. The van der Waals surface area contributed by atoms with Crippen LogP contribution >= 0.6 is 0 Å². The van der Waals surface area contributed by atoms with Crippen LogP contribution in [-0.4, -0.2) is 51.3 Å². The van der Waals surface area contributed by atoms with Crippen molar-refractivity contribution in [3.63, 3.8) is 0 Å². The number of piperidine rings is 1. The Morgan fingerprint density at radius 3 is 2.57 bits per heavy atom. The van der Waals surface area contributed by atoms with E-state index in [0.29, 0.717) is 10.5 Å². The number of hydrogen-bond donors (Lipinski definition) is 1. The van der Waals surface area contributed by atoms with Gasteiger partial charge in [-0.1, -0.05) is 0 Å². The van der Waals surface area contributed by atoms with Gasteiger partial charge in [0.2, 0.25) is 0 Å². The van der Waals surface area contributed by atoms with Gasteiger partial charge in [-0.05, 0) is 39.8 Å². The first kappa shape index (κ1) is 16.2. The third-order valence-electron chi connectivity index (χ3n) is 4.62. The van der Waals surface area contributed by atoms with E-state index in [9.17, 15) is 4.39 Å². The molecule has 1 aliphatic heterocycles. The first-order valence-corrected chi connectivity index (χ1v) is 7.96. The van der Waals surface area contributed by atoms with Gasteiger partial charge in [-0.3, -0.25) is 4.48 Å². The molecule has 2 rings (SSSR count). The minimum atomic E-state index is -0.255. The van der Waals surface area contributed by atoms with Gasteiger partial charge in [0, 0.05) is 18.7 Å². The molecule has 1 aromatic heterocycles. The summed E-state index contributed by atoms with van der Waals surface area (Å²) in [6.45, 7) is 8.17. The fourth-order valence-electron chi connectivity index (χ4n) is 2.96. The maximum Gasteiger partial charge on any atom is 0.191 e. The van der Waals surface area contributed by atoms with Crippen LogP contribution in [0.25, 0.3) is 0 Å². The van der Waals surface area contributed by atoms with Gasteiger partial charge in [0.05, 0.1) is 26.8 Å². The van der Waals surface area contributed by atoms with Crippen LogP contribution in [0.15, 0.2) is 12.3 Å². The van der Waals surface area contributed by atoms with Crippen LogP contribution in [0.5, 0.6) is 0 Å². The average Bonchev–Trinajstić information content (AvgIpc) is 2.50. The lowest BCUT2D eigenvalue weighted by Crippen LogP contribution is -2.46. The van der Waals surface area contributed by atoms with E-state index in [1.165, 1.54) is 6.20 Å². The van der Waals surface area contributed by atoms with Crippen molar-refractivity contribution < 1.29 is 4.39 Å². The van der Waals surface area contributed by atoms with Crippen LogP contribution < -0.4 is 14.7 Å². The summed E-state index contributed by atoms with van der Waals surface area (Å²) in [6.07, 6.45) is 3.58. The van der Waals surface area contributed by atoms with E-state index in [1.807, 2.05) is 0 Å². The van der Waals surface area contributed by atoms with Crippen molar-refractivity contribution in [3.8, 4) is 0 Å². The molecule has 21 heavy (non-hydrogen) atoms. The molecule has 118 valence electrons. The Kier molecular flexibility index (Phi) is 5.17. The summed E-state index contributed by atoms with van der Waals surface area (Å²) in [5.74, 6) is 0.687. The van der Waals surface area contributed by atoms with Crippen LogP contribution in [0.4, 0.5) is 15.9 Å². The van der Waals surface area contributed by atoms with Gasteiger partial charge >= 0.3 is 0 Å². The highest BCUT2D eigenvalue weighted by Gasteiger charge is 2.29. The predicted octanol–water partition coefficient (Wildman–Crippen LogP) is 2.39. The number of halogens is 1. The van der Waals surface area contributed by atoms with Crippen molar-refractivity contribution in [2.24, 2.45) is 0 Å². The van der Waals surface area contributed by atoms with Crippen LogP contribution in [0, 0.1) is 5.82 Å². The highest BCUT2D eigenvalue weighted by atomic mass is 19.1. The van der Waals surface area contributed by atoms with Crippen LogP contribution in [-0.2, 0) is 0 Å². The Labute approximate surface area is 127 Å². The number of anilines is 1. The van der Waals surface area contributed by atoms with Crippen molar-refractivity contribution in [2.75, 3.05) is 45.2 Å². The van der Waals surface area contributed by atoms with Crippen molar-refractivity contribution in [3.05, 3.63) is 18.1 Å². The fourth-order valence-corrected chi connectivity index (χ4v) is 2.96. The van der Waals surface area contributed by atoms with Crippen molar-refractivity contribution in [1.82, 2.24) is 14.8 Å². The summed E-state index contributed by atoms with van der Waals surface area (Å²) >= 11 is 0. The highest BCUT2D eigenvalue weighted by molar-refractivity contribution is 5.65. The van der Waals surface area contributed by atoms with Crippen molar-refractivity contribution in [2.45, 2.75) is 32.7 Å². The van der Waals surface area contributed by atoms with Crippen molar-refractivity contribution in [1.29, 1.82) is 0 Å². The standard InChI is InChI=1S/C16H28FN4/c1-5-20(14-7-9-18-10-8-14)16-15(21(3,4)6-2)11-13(17)12-19-16/h11-12,14,18H,5-10H2,1-4H3/q+1. The number of hydrogen-bond acceptors (Lipinski definition) is 3. The Morgan fingerprint density at radius 2 is 2.00 bits per heavy atom. The number of aromatic nitrogens is 1. The zero-order chi connectivity index (χ0) is 15.5. The highest BCUT2D eigenvalue weighted by Crippen LogP contribution is 2.33. The Bertz CT molecular complexity index is 469. The minimum Gasteiger partial charge on any atom is -0.349 e. The first-order chi connectivity index (χ1) is 9.99. The van der Waals surface area contributed by atoms with Crippen molar-refractivity contribution >= 4 is 11.5 Å². The van der Waals surface area contributed by atoms with E-state index in [-0.39, 0.29) is 5.82 Å². The molecule has 1 aromatic rings. The molecule has 1 saturated heterocycles. The number of nitrogens with one attached hydrogen (secondary N) is 1. The lowest BCUT2D eigenvalue weighted by atomic mass is 10.0. The Morgan fingerprint density at radius 1 is 1.33 bits per heavy atom. The molecule has 2 heterocycles. The molecule has 0 atom stereocenters. The SMILES string of the molecule is CCN(c1ncc(F)cc1[N+](C)(C)CC)C1CCNCC1. The number of quaternary nitrogens is 1. The summed E-state index contributed by atoms with van der Waals surface area (Å²) < 4.78 is 14.4. The molecule has 0 aliphatic carbocycles. The molecule has 4 nitrogen and oxygen atoms in total. The molecule has 0 aromatic carbocycles. The summed E-state index contributed by atoms with van der Waals surface area (Å²) in [7, 11) is 4.21. The van der Waals surface area contributed by atoms with Crippen LogP contribution in [0.1, 0.15) is 26.7 Å². The smallest absolute Gasteiger partial charge is 0.191 e. The Balaban J connectivity index is 2.40. The van der Waals surface area contributed by atoms with Gasteiger partial charge in [0.15, 0.2) is 11.5 Å². The third-order valence-corrected chi connectivity index (χ3v) is 4.62. The third kappa shape index (κ3) is 3.52. The van der Waals surface area contributed by atoms with Crippen LogP contribution in [0.3, 0.4) is 0 Å². The average molecular weight is 295 g/mol. The molecule has 0 saturated carbocycles. The molecule has 0 unspecified atom stereocenters. The van der Waals surface area contributed by atoms with E-state index in [2.05, 4.69) is 43.1 Å². The molecule has 1 N–H and O–H groups in total. The zero-order valence-electron chi connectivity index (χ0n) is 13.7. The van der Waals surface area contributed by atoms with Crippen LogP contribution in [0.2, 0.25) is 0 Å². The molecule has 5 heteroatoms. The predicted molar refractivity (Wildman–Crippen MR) is 87.3 cm³/mol.